The predicted octanol–water partition coefficient (Wildman–Crippen LogP) is 3.37. The van der Waals surface area contributed by atoms with Crippen molar-refractivity contribution in [1.82, 2.24) is 10.2 Å². The number of hydrogen-bond donors (Lipinski definition) is 1. The van der Waals surface area contributed by atoms with Gasteiger partial charge in [-0.15, -0.1) is 0 Å². The number of halogens is 1. The molecule has 164 valence electrons. The molecule has 3 aliphatic rings. The van der Waals surface area contributed by atoms with Gasteiger partial charge in [-0.2, -0.15) is 0 Å². The number of alkyl halides is 1. The maximum atomic E-state index is 13.5. The van der Waals surface area contributed by atoms with Crippen molar-refractivity contribution in [2.24, 2.45) is 0 Å². The predicted molar refractivity (Wildman–Crippen MR) is 119 cm³/mol. The fourth-order valence-corrected chi connectivity index (χ4v) is 5.06. The fraction of sp³-hybridized carbons (Fsp3) is 0.591. The zero-order valence-corrected chi connectivity index (χ0v) is 19.8. The number of methoxy groups -OCH3 is 1. The molecule has 1 aromatic carbocycles. The summed E-state index contributed by atoms with van der Waals surface area (Å²) in [6, 6.07) is 4.07. The molecule has 1 fully saturated rings. The van der Waals surface area contributed by atoms with E-state index in [-0.39, 0.29) is 22.6 Å². The van der Waals surface area contributed by atoms with Crippen LogP contribution in [0.4, 0.5) is 5.69 Å². The first-order valence-corrected chi connectivity index (χ1v) is 11.3. The summed E-state index contributed by atoms with van der Waals surface area (Å²) in [5, 5.41) is 3.18. The van der Waals surface area contributed by atoms with E-state index in [1.165, 1.54) is 5.56 Å². The van der Waals surface area contributed by atoms with Gasteiger partial charge in [0.25, 0.3) is 5.91 Å². The van der Waals surface area contributed by atoms with Crippen molar-refractivity contribution in [3.8, 4) is 11.5 Å². The van der Waals surface area contributed by atoms with Crippen molar-refractivity contribution in [3.05, 3.63) is 29.1 Å². The molecule has 1 saturated heterocycles. The van der Waals surface area contributed by atoms with Crippen molar-refractivity contribution in [2.75, 3.05) is 31.8 Å². The van der Waals surface area contributed by atoms with E-state index in [1.54, 1.807) is 7.11 Å². The van der Waals surface area contributed by atoms with Crippen molar-refractivity contribution in [3.63, 3.8) is 0 Å². The number of nitrogens with one attached hydrogen (secondary N) is 1. The van der Waals surface area contributed by atoms with Crippen LogP contribution in [0.1, 0.15) is 39.7 Å². The van der Waals surface area contributed by atoms with Crippen LogP contribution in [0.15, 0.2) is 23.5 Å². The number of morpholine rings is 1. The smallest absolute Gasteiger partial charge is 0.272 e. The number of benzene rings is 1. The first-order valence-electron chi connectivity index (χ1n) is 10.4. The van der Waals surface area contributed by atoms with Crippen molar-refractivity contribution in [1.29, 1.82) is 0 Å². The molecule has 3 heterocycles. The molecule has 4 rings (SSSR count). The number of nitrogens with zero attached hydrogens (tertiary/aromatic N) is 2. The summed E-state index contributed by atoms with van der Waals surface area (Å²) >= 11 is 3.73. The quantitative estimate of drug-likeness (QED) is 0.527. The highest BCUT2D eigenvalue weighted by Crippen LogP contribution is 2.45. The highest BCUT2D eigenvalue weighted by Gasteiger charge is 2.42. The lowest BCUT2D eigenvalue weighted by Gasteiger charge is -2.42. The Morgan fingerprint density at radius 1 is 1.30 bits per heavy atom. The summed E-state index contributed by atoms with van der Waals surface area (Å²) in [5.41, 5.74) is 3.55. The van der Waals surface area contributed by atoms with Gasteiger partial charge in [0.15, 0.2) is 16.6 Å². The van der Waals surface area contributed by atoms with Crippen LogP contribution in [0.25, 0.3) is 0 Å². The number of hydrogen-bond acceptors (Lipinski definition) is 6. The van der Waals surface area contributed by atoms with Crippen LogP contribution in [0, 0.1) is 0 Å². The topological polar surface area (TPSA) is 63.3 Å². The first-order chi connectivity index (χ1) is 14.2. The number of fused-ring (bicyclic) bond motifs is 3. The SMILES string of the molecule is COc1cc2c(cc1OC(C)C)N1C(=C(C(=O)N3CCOCC3(C)C)NC1Br)CC2. The van der Waals surface area contributed by atoms with Crippen molar-refractivity contribution in [2.45, 2.75) is 57.3 Å². The van der Waals surface area contributed by atoms with E-state index in [2.05, 4.69) is 32.2 Å². The second kappa shape index (κ2) is 7.96. The molecule has 0 bridgehead atoms. The summed E-state index contributed by atoms with van der Waals surface area (Å²) in [6.07, 6.45) is 1.65. The van der Waals surface area contributed by atoms with E-state index < -0.39 is 0 Å². The summed E-state index contributed by atoms with van der Waals surface area (Å²) in [6.45, 7) is 9.79. The summed E-state index contributed by atoms with van der Waals surface area (Å²) in [4.78, 5) is 17.6. The van der Waals surface area contributed by atoms with E-state index in [4.69, 9.17) is 14.2 Å². The van der Waals surface area contributed by atoms with Crippen molar-refractivity contribution >= 4 is 27.5 Å². The Morgan fingerprint density at radius 2 is 2.07 bits per heavy atom. The lowest BCUT2D eigenvalue weighted by Crippen LogP contribution is -2.56. The second-order valence-electron chi connectivity index (χ2n) is 8.79. The molecule has 1 aromatic rings. The number of carbonyl (C=O) groups is 1. The van der Waals surface area contributed by atoms with Gasteiger partial charge in [0, 0.05) is 12.6 Å². The minimum Gasteiger partial charge on any atom is -0.493 e. The Labute approximate surface area is 186 Å². The Balaban J connectivity index is 1.72. The molecule has 7 nitrogen and oxygen atoms in total. The minimum atomic E-state index is -0.335. The molecule has 30 heavy (non-hydrogen) atoms. The van der Waals surface area contributed by atoms with Crippen LogP contribution in [0.2, 0.25) is 0 Å². The third-order valence-corrected chi connectivity index (χ3v) is 6.43. The van der Waals surface area contributed by atoms with Crippen LogP contribution in [0.5, 0.6) is 11.5 Å². The number of carbonyl (C=O) groups excluding carboxylic acids is 1. The van der Waals surface area contributed by atoms with Gasteiger partial charge in [-0.3, -0.25) is 4.79 Å². The minimum absolute atomic E-state index is 0.0286. The van der Waals surface area contributed by atoms with Crippen LogP contribution in [0.3, 0.4) is 0 Å². The zero-order valence-electron chi connectivity index (χ0n) is 18.3. The Morgan fingerprint density at radius 3 is 2.73 bits per heavy atom. The van der Waals surface area contributed by atoms with Gasteiger partial charge in [-0.05, 0) is 68.1 Å². The maximum absolute atomic E-state index is 13.5. The van der Waals surface area contributed by atoms with Gasteiger partial charge in [-0.25, -0.2) is 0 Å². The number of allylic oxidation sites excluding steroid dienone is 1. The Kier molecular flexibility index (Phi) is 5.66. The average molecular weight is 480 g/mol. The molecule has 3 aliphatic heterocycles. The molecule has 1 N–H and O–H groups in total. The highest BCUT2D eigenvalue weighted by atomic mass is 79.9. The molecule has 0 aliphatic carbocycles. The first kappa shape index (κ1) is 21.3. The van der Waals surface area contributed by atoms with Crippen LogP contribution >= 0.6 is 15.9 Å². The maximum Gasteiger partial charge on any atom is 0.272 e. The second-order valence-corrected chi connectivity index (χ2v) is 9.66. The summed E-state index contributed by atoms with van der Waals surface area (Å²) in [7, 11) is 1.66. The molecule has 0 spiro atoms. The van der Waals surface area contributed by atoms with Gasteiger partial charge in [0.2, 0.25) is 0 Å². The number of aryl methyl sites for hydroxylation is 1. The standard InChI is InChI=1S/C22H30BrN3O4/c1-13(2)30-18-11-16-14(10-17(18)28-5)6-7-15-19(24-21(23)26(15)16)20(27)25-8-9-29-12-22(25,3)4/h10-11,13,21,24H,6-9,12H2,1-5H3. The van der Waals surface area contributed by atoms with Crippen molar-refractivity contribution < 1.29 is 19.0 Å². The lowest BCUT2D eigenvalue weighted by atomic mass is 9.97. The van der Waals surface area contributed by atoms with Gasteiger partial charge < -0.3 is 29.3 Å². The molecule has 0 aromatic heterocycles. The fourth-order valence-electron chi connectivity index (χ4n) is 4.37. The summed E-state index contributed by atoms with van der Waals surface area (Å²) in [5.74, 6) is 1.47. The van der Waals surface area contributed by atoms with Crippen LogP contribution in [-0.4, -0.2) is 54.4 Å². The number of amides is 1. The molecule has 1 amide bonds. The number of anilines is 1. The van der Waals surface area contributed by atoms with Gasteiger partial charge >= 0.3 is 0 Å². The zero-order chi connectivity index (χ0) is 21.6. The largest absolute Gasteiger partial charge is 0.493 e. The van der Waals surface area contributed by atoms with Gasteiger partial charge in [0.1, 0.15) is 5.70 Å². The van der Waals surface area contributed by atoms with E-state index in [1.807, 2.05) is 38.7 Å². The van der Waals surface area contributed by atoms with Gasteiger partial charge in [0.05, 0.1) is 43.4 Å². The van der Waals surface area contributed by atoms with Crippen LogP contribution in [-0.2, 0) is 16.0 Å². The van der Waals surface area contributed by atoms with E-state index >= 15 is 0 Å². The van der Waals surface area contributed by atoms with E-state index in [0.29, 0.717) is 31.2 Å². The third-order valence-electron chi connectivity index (χ3n) is 5.79. The van der Waals surface area contributed by atoms with Crippen LogP contribution < -0.4 is 19.7 Å². The summed E-state index contributed by atoms with van der Waals surface area (Å²) < 4.78 is 17.1. The average Bonchev–Trinajstić information content (AvgIpc) is 3.03. The molecular weight excluding hydrogens is 450 g/mol. The third kappa shape index (κ3) is 3.64. The monoisotopic (exact) mass is 479 g/mol. The molecule has 1 unspecified atom stereocenters. The number of ether oxygens (including phenoxy) is 3. The molecule has 8 heteroatoms. The molecule has 0 radical (unpaired) electrons. The molecular formula is C22H30BrN3O4. The lowest BCUT2D eigenvalue weighted by molar-refractivity contribution is -0.142. The van der Waals surface area contributed by atoms with Gasteiger partial charge in [-0.1, -0.05) is 0 Å². The molecule has 1 atom stereocenters. The Hall–Kier alpha value is -1.93. The number of rotatable bonds is 4. The van der Waals surface area contributed by atoms with E-state index in [0.717, 1.165) is 30.0 Å². The van der Waals surface area contributed by atoms with E-state index in [9.17, 15) is 4.79 Å². The highest BCUT2D eigenvalue weighted by molar-refractivity contribution is 9.09. The normalized spacial score (nSPS) is 22.6. The Bertz CT molecular complexity index is 883. The molecule has 0 saturated carbocycles.